The Hall–Kier alpha value is -1.60. The number of ether oxygens (including phenoxy) is 1. The molecular weight excluding hydrogens is 238 g/mol. The molecule has 0 spiro atoms. The van der Waals surface area contributed by atoms with Crippen LogP contribution in [0.2, 0.25) is 0 Å². The Morgan fingerprint density at radius 1 is 1.32 bits per heavy atom. The number of nitrogens with zero attached hydrogens (tertiary/aromatic N) is 2. The second-order valence-corrected chi connectivity index (χ2v) is 5.58. The zero-order valence-electron chi connectivity index (χ0n) is 11.1. The molecule has 1 heterocycles. The number of aryl methyl sites for hydroxylation is 2. The van der Waals surface area contributed by atoms with Gasteiger partial charge in [-0.3, -0.25) is 0 Å². The molecule has 0 aliphatic heterocycles. The van der Waals surface area contributed by atoms with Crippen LogP contribution >= 0.6 is 0 Å². The van der Waals surface area contributed by atoms with Gasteiger partial charge in [-0.15, -0.1) is 0 Å². The summed E-state index contributed by atoms with van der Waals surface area (Å²) in [5.41, 5.74) is 8.86. The molecule has 4 heteroatoms. The lowest BCUT2D eigenvalue weighted by molar-refractivity contribution is 0.138. The number of aromatic nitrogens is 1. The summed E-state index contributed by atoms with van der Waals surface area (Å²) in [7, 11) is 0. The fourth-order valence-electron chi connectivity index (χ4n) is 3.07. The molecule has 2 atom stereocenters. The molecule has 0 amide bonds. The second-order valence-electron chi connectivity index (χ2n) is 5.58. The van der Waals surface area contributed by atoms with Crippen molar-refractivity contribution in [1.82, 2.24) is 4.98 Å². The van der Waals surface area contributed by atoms with Crippen LogP contribution in [0.1, 0.15) is 48.9 Å². The van der Waals surface area contributed by atoms with Crippen LogP contribution in [0, 0.1) is 11.3 Å². The largest absolute Gasteiger partial charge is 0.473 e. The van der Waals surface area contributed by atoms with Crippen LogP contribution in [0.5, 0.6) is 5.88 Å². The van der Waals surface area contributed by atoms with Gasteiger partial charge < -0.3 is 10.5 Å². The molecular formula is C15H19N3O. The Kier molecular flexibility index (Phi) is 3.39. The molecule has 0 aromatic carbocycles. The summed E-state index contributed by atoms with van der Waals surface area (Å²) in [5, 5.41) is 9.24. The number of hydrogen-bond donors (Lipinski definition) is 1. The fourth-order valence-corrected chi connectivity index (χ4v) is 3.07. The van der Waals surface area contributed by atoms with E-state index in [0.29, 0.717) is 11.4 Å². The minimum Gasteiger partial charge on any atom is -0.473 e. The third-order valence-corrected chi connectivity index (χ3v) is 4.08. The zero-order valence-corrected chi connectivity index (χ0v) is 11.1. The molecule has 1 aromatic heterocycles. The topological polar surface area (TPSA) is 71.9 Å². The molecule has 2 aliphatic carbocycles. The van der Waals surface area contributed by atoms with Gasteiger partial charge in [0, 0.05) is 11.7 Å². The van der Waals surface area contributed by atoms with Crippen LogP contribution in [0.4, 0.5) is 0 Å². The van der Waals surface area contributed by atoms with Crippen molar-refractivity contribution in [2.24, 2.45) is 5.73 Å². The van der Waals surface area contributed by atoms with Gasteiger partial charge in [-0.25, -0.2) is 4.98 Å². The van der Waals surface area contributed by atoms with Crippen LogP contribution in [-0.4, -0.2) is 17.1 Å². The number of nitrogens with two attached hydrogens (primary N) is 1. The van der Waals surface area contributed by atoms with Gasteiger partial charge in [0.25, 0.3) is 0 Å². The van der Waals surface area contributed by atoms with Crippen LogP contribution in [0.3, 0.4) is 0 Å². The third-order valence-electron chi connectivity index (χ3n) is 4.08. The maximum Gasteiger partial charge on any atom is 0.232 e. The minimum absolute atomic E-state index is 0.114. The highest BCUT2D eigenvalue weighted by atomic mass is 16.5. The number of nitriles is 1. The highest BCUT2D eigenvalue weighted by Crippen LogP contribution is 2.29. The van der Waals surface area contributed by atoms with E-state index in [0.717, 1.165) is 50.6 Å². The zero-order chi connectivity index (χ0) is 13.2. The Morgan fingerprint density at radius 3 is 3.00 bits per heavy atom. The van der Waals surface area contributed by atoms with E-state index in [1.807, 2.05) is 6.07 Å². The molecule has 2 unspecified atom stereocenters. The predicted molar refractivity (Wildman–Crippen MR) is 71.8 cm³/mol. The summed E-state index contributed by atoms with van der Waals surface area (Å²) in [6.45, 7) is 0. The highest BCUT2D eigenvalue weighted by Gasteiger charge is 2.24. The molecule has 0 saturated heterocycles. The van der Waals surface area contributed by atoms with Crippen molar-refractivity contribution in [1.29, 1.82) is 5.26 Å². The molecule has 100 valence electrons. The van der Waals surface area contributed by atoms with Gasteiger partial charge in [-0.2, -0.15) is 5.26 Å². The number of rotatable bonds is 2. The molecule has 2 aliphatic rings. The van der Waals surface area contributed by atoms with Crippen LogP contribution < -0.4 is 10.5 Å². The lowest BCUT2D eigenvalue weighted by Gasteiger charge is -2.27. The molecule has 4 nitrogen and oxygen atoms in total. The molecule has 0 radical (unpaired) electrons. The van der Waals surface area contributed by atoms with E-state index in [-0.39, 0.29) is 12.1 Å². The smallest absolute Gasteiger partial charge is 0.232 e. The average Bonchev–Trinajstić information content (AvgIpc) is 2.85. The molecule has 1 saturated carbocycles. The van der Waals surface area contributed by atoms with Gasteiger partial charge in [0.2, 0.25) is 5.88 Å². The standard InChI is InChI=1S/C15H19N3O/c16-9-11-7-10-3-1-6-14(10)18-15(11)19-13-5-2-4-12(17)8-13/h7,12-13H,1-6,8,17H2. The van der Waals surface area contributed by atoms with E-state index in [2.05, 4.69) is 11.1 Å². The van der Waals surface area contributed by atoms with E-state index >= 15 is 0 Å². The summed E-state index contributed by atoms with van der Waals surface area (Å²) in [4.78, 5) is 4.56. The highest BCUT2D eigenvalue weighted by molar-refractivity contribution is 5.44. The quantitative estimate of drug-likeness (QED) is 0.880. The van der Waals surface area contributed by atoms with Crippen molar-refractivity contribution < 1.29 is 4.74 Å². The summed E-state index contributed by atoms with van der Waals surface area (Å²) in [6.07, 6.45) is 7.32. The van der Waals surface area contributed by atoms with Crippen molar-refractivity contribution >= 4 is 0 Å². The molecule has 1 fully saturated rings. The van der Waals surface area contributed by atoms with Crippen molar-refractivity contribution in [3.8, 4) is 11.9 Å². The fraction of sp³-hybridized carbons (Fsp3) is 0.600. The average molecular weight is 257 g/mol. The van der Waals surface area contributed by atoms with Gasteiger partial charge in [0.15, 0.2) is 0 Å². The molecule has 19 heavy (non-hydrogen) atoms. The number of hydrogen-bond acceptors (Lipinski definition) is 4. The number of pyridine rings is 1. The lowest BCUT2D eigenvalue weighted by Crippen LogP contribution is -2.34. The summed E-state index contributed by atoms with van der Waals surface area (Å²) in [6, 6.07) is 4.38. The van der Waals surface area contributed by atoms with E-state index in [1.54, 1.807) is 0 Å². The van der Waals surface area contributed by atoms with Crippen molar-refractivity contribution in [2.45, 2.75) is 57.1 Å². The monoisotopic (exact) mass is 257 g/mol. The van der Waals surface area contributed by atoms with E-state index < -0.39 is 0 Å². The number of fused-ring (bicyclic) bond motifs is 1. The third kappa shape index (κ3) is 2.57. The Bertz CT molecular complexity index is 521. The van der Waals surface area contributed by atoms with E-state index in [4.69, 9.17) is 10.5 Å². The summed E-state index contributed by atoms with van der Waals surface area (Å²) >= 11 is 0. The Balaban J connectivity index is 1.82. The normalized spacial score (nSPS) is 25.7. The van der Waals surface area contributed by atoms with Crippen LogP contribution in [0.25, 0.3) is 0 Å². The first-order valence-corrected chi connectivity index (χ1v) is 7.11. The van der Waals surface area contributed by atoms with Gasteiger partial charge >= 0.3 is 0 Å². The van der Waals surface area contributed by atoms with E-state index in [1.165, 1.54) is 5.56 Å². The van der Waals surface area contributed by atoms with Gasteiger partial charge in [-0.05, 0) is 56.6 Å². The molecule has 1 aromatic rings. The lowest BCUT2D eigenvalue weighted by atomic mass is 9.93. The maximum atomic E-state index is 9.24. The Labute approximate surface area is 113 Å². The first-order valence-electron chi connectivity index (χ1n) is 7.11. The van der Waals surface area contributed by atoms with Crippen molar-refractivity contribution in [3.05, 3.63) is 22.9 Å². The summed E-state index contributed by atoms with van der Waals surface area (Å²) in [5.74, 6) is 0.516. The predicted octanol–water partition coefficient (Wildman–Crippen LogP) is 2.09. The summed E-state index contributed by atoms with van der Waals surface area (Å²) < 4.78 is 5.96. The SMILES string of the molecule is N#Cc1cc2c(nc1OC1CCCC(N)C1)CCC2. The van der Waals surface area contributed by atoms with E-state index in [9.17, 15) is 5.26 Å². The molecule has 3 rings (SSSR count). The van der Waals surface area contributed by atoms with Gasteiger partial charge in [0.05, 0.1) is 0 Å². The van der Waals surface area contributed by atoms with Crippen LogP contribution in [0.15, 0.2) is 6.07 Å². The maximum absolute atomic E-state index is 9.24. The Morgan fingerprint density at radius 2 is 2.21 bits per heavy atom. The van der Waals surface area contributed by atoms with Crippen LogP contribution in [-0.2, 0) is 12.8 Å². The van der Waals surface area contributed by atoms with Gasteiger partial charge in [0.1, 0.15) is 17.7 Å². The van der Waals surface area contributed by atoms with Crippen molar-refractivity contribution in [3.63, 3.8) is 0 Å². The molecule has 2 N–H and O–H groups in total. The first kappa shape index (κ1) is 12.4. The second kappa shape index (κ2) is 5.18. The van der Waals surface area contributed by atoms with Crippen molar-refractivity contribution in [2.75, 3.05) is 0 Å². The molecule has 0 bridgehead atoms. The van der Waals surface area contributed by atoms with Gasteiger partial charge in [-0.1, -0.05) is 0 Å². The minimum atomic E-state index is 0.114. The first-order chi connectivity index (χ1) is 9.26.